The zero-order valence-corrected chi connectivity index (χ0v) is 27.2. The van der Waals surface area contributed by atoms with Crippen LogP contribution in [0.15, 0.2) is 54.7 Å². The number of piperazine rings is 1. The van der Waals surface area contributed by atoms with Crippen molar-refractivity contribution in [3.63, 3.8) is 0 Å². The van der Waals surface area contributed by atoms with E-state index in [1.165, 1.54) is 32.0 Å². The van der Waals surface area contributed by atoms with E-state index in [9.17, 15) is 35.7 Å². The maximum Gasteiger partial charge on any atom is 0.474 e. The minimum atomic E-state index is -5.07. The number of carbonyl (C=O) groups is 1. The second-order valence-electron chi connectivity index (χ2n) is 12.5. The van der Waals surface area contributed by atoms with Crippen LogP contribution in [0.2, 0.25) is 0 Å². The van der Waals surface area contributed by atoms with Crippen LogP contribution in [0.4, 0.5) is 37.8 Å². The Morgan fingerprint density at radius 2 is 1.49 bits per heavy atom. The Hall–Kier alpha value is -3.49. The predicted octanol–water partition coefficient (Wildman–Crippen LogP) is 6.37. The Kier molecular flexibility index (Phi) is 9.94. The molecular weight excluding hydrogens is 653 g/mol. The molecular formula is C31H36F6N4O5P+. The van der Waals surface area contributed by atoms with Gasteiger partial charge < -0.3 is 24.1 Å². The van der Waals surface area contributed by atoms with Crippen molar-refractivity contribution in [2.24, 2.45) is 0 Å². The quantitative estimate of drug-likeness (QED) is 0.161. The van der Waals surface area contributed by atoms with Gasteiger partial charge >= 0.3 is 20.2 Å². The molecule has 256 valence electrons. The fourth-order valence-corrected chi connectivity index (χ4v) is 5.89. The van der Waals surface area contributed by atoms with E-state index in [0.29, 0.717) is 49.7 Å². The lowest BCUT2D eigenvalue weighted by Gasteiger charge is -2.42. The Morgan fingerprint density at radius 1 is 0.957 bits per heavy atom. The van der Waals surface area contributed by atoms with Crippen LogP contribution in [0.1, 0.15) is 36.1 Å². The number of quaternary nitrogens is 1. The number of likely N-dealkylation sites (N-methyl/N-ethyl adjacent to an activating group) is 2. The average Bonchev–Trinajstić information content (AvgIpc) is 2.98. The van der Waals surface area contributed by atoms with Gasteiger partial charge in [-0.25, -0.2) is 14.1 Å². The van der Waals surface area contributed by atoms with E-state index >= 15 is 0 Å². The van der Waals surface area contributed by atoms with Gasteiger partial charge in [-0.15, -0.1) is 0 Å². The molecule has 0 saturated carbocycles. The number of nitrogens with zero attached hydrogens (tertiary/aromatic N) is 4. The molecule has 2 heterocycles. The summed E-state index contributed by atoms with van der Waals surface area (Å²) in [5.74, 6) is -0.215. The molecule has 3 aromatic rings. The van der Waals surface area contributed by atoms with E-state index in [2.05, 4.69) is 4.98 Å². The number of phosphoric ester groups is 1. The summed E-state index contributed by atoms with van der Waals surface area (Å²) >= 11 is 0. The lowest BCUT2D eigenvalue weighted by Crippen LogP contribution is -2.58. The van der Waals surface area contributed by atoms with Gasteiger partial charge in [0.1, 0.15) is 5.82 Å². The highest BCUT2D eigenvalue weighted by atomic mass is 31.2. The topological polar surface area (TPSA) is 103 Å². The van der Waals surface area contributed by atoms with Gasteiger partial charge in [0, 0.05) is 12.6 Å². The number of aryl methyl sites for hydroxylation is 1. The molecule has 1 aromatic heterocycles. The summed E-state index contributed by atoms with van der Waals surface area (Å²) in [5.41, 5.74) is -2.86. The molecule has 0 spiro atoms. The lowest BCUT2D eigenvalue weighted by molar-refractivity contribution is -0.925. The first kappa shape index (κ1) is 36.3. The second kappa shape index (κ2) is 12.8. The van der Waals surface area contributed by atoms with E-state index in [4.69, 9.17) is 14.3 Å². The van der Waals surface area contributed by atoms with Crippen molar-refractivity contribution in [3.8, 4) is 11.1 Å². The van der Waals surface area contributed by atoms with Gasteiger partial charge in [-0.2, -0.15) is 26.3 Å². The molecule has 47 heavy (non-hydrogen) atoms. The number of hydrogen-bond acceptors (Lipinski definition) is 5. The third kappa shape index (κ3) is 8.33. The summed E-state index contributed by atoms with van der Waals surface area (Å²) in [6.45, 7) is 6.10. The molecule has 0 aliphatic carbocycles. The zero-order valence-electron chi connectivity index (χ0n) is 26.4. The molecule has 2 aromatic carbocycles. The summed E-state index contributed by atoms with van der Waals surface area (Å²) in [6.07, 6.45) is -8.70. The Morgan fingerprint density at radius 3 is 2.00 bits per heavy atom. The van der Waals surface area contributed by atoms with Crippen molar-refractivity contribution in [3.05, 3.63) is 77.0 Å². The number of alkyl halides is 6. The van der Waals surface area contributed by atoms with E-state index in [0.717, 1.165) is 11.1 Å². The number of pyridine rings is 1. The number of benzene rings is 2. The van der Waals surface area contributed by atoms with E-state index < -0.39 is 48.2 Å². The number of carbonyl (C=O) groups excluding carboxylic acids is 1. The van der Waals surface area contributed by atoms with Gasteiger partial charge in [0.05, 0.1) is 61.7 Å². The molecule has 1 aliphatic heterocycles. The van der Waals surface area contributed by atoms with Crippen LogP contribution in [0.5, 0.6) is 0 Å². The third-order valence-electron chi connectivity index (χ3n) is 8.49. The number of halogens is 6. The monoisotopic (exact) mass is 689 g/mol. The first-order valence-electron chi connectivity index (χ1n) is 14.4. The molecule has 1 aliphatic rings. The van der Waals surface area contributed by atoms with Crippen molar-refractivity contribution >= 4 is 25.2 Å². The largest absolute Gasteiger partial charge is 0.474 e. The minimum absolute atomic E-state index is 0.0272. The Labute approximate surface area is 268 Å². The number of aromatic nitrogens is 1. The standard InChI is InChI=1S/C31H35F6N4O5P/c1-20-8-6-7-9-24(20)25-17-27(40-10-12-41(5,13-11-40)19-46-47(43,44)45)38-18-26(25)39(4)28(42)29(2,3)21-14-22(30(32,33)34)16-23(15-21)31(35,36)37/h6-9,14-18H,10-13,19H2,1-5H3,(H-,43,44,45)/p+1. The summed E-state index contributed by atoms with van der Waals surface area (Å²) in [5, 5.41) is 0. The van der Waals surface area contributed by atoms with Gasteiger partial charge in [-0.1, -0.05) is 24.3 Å². The van der Waals surface area contributed by atoms with Gasteiger partial charge in [0.25, 0.3) is 0 Å². The van der Waals surface area contributed by atoms with Crippen LogP contribution in [0.25, 0.3) is 11.1 Å². The van der Waals surface area contributed by atoms with Crippen LogP contribution in [0.3, 0.4) is 0 Å². The van der Waals surface area contributed by atoms with Crippen LogP contribution < -0.4 is 9.80 Å². The molecule has 0 unspecified atom stereocenters. The van der Waals surface area contributed by atoms with Crippen molar-refractivity contribution in [2.45, 2.75) is 38.5 Å². The van der Waals surface area contributed by atoms with Crippen LogP contribution in [-0.4, -0.2) is 72.2 Å². The number of rotatable bonds is 8. The lowest BCUT2D eigenvalue weighted by atomic mass is 9.81. The first-order chi connectivity index (χ1) is 21.5. The number of phosphoric acid groups is 1. The smallest absolute Gasteiger partial charge is 0.345 e. The summed E-state index contributed by atoms with van der Waals surface area (Å²) in [6, 6.07) is 10.2. The molecule has 0 atom stereocenters. The third-order valence-corrected chi connectivity index (χ3v) is 8.95. The van der Waals surface area contributed by atoms with Gasteiger partial charge in [-0.3, -0.25) is 4.79 Å². The molecule has 1 amide bonds. The zero-order chi connectivity index (χ0) is 35.2. The summed E-state index contributed by atoms with van der Waals surface area (Å²) in [7, 11) is -1.44. The average molecular weight is 690 g/mol. The first-order valence-corrected chi connectivity index (χ1v) is 16.0. The summed E-state index contributed by atoms with van der Waals surface area (Å²) in [4.78, 5) is 39.9. The van der Waals surface area contributed by atoms with E-state index in [1.807, 2.05) is 37.1 Å². The molecule has 9 nitrogen and oxygen atoms in total. The normalized spacial score (nSPS) is 15.9. The molecule has 4 rings (SSSR count). The minimum Gasteiger partial charge on any atom is -0.345 e. The molecule has 0 radical (unpaired) electrons. The molecule has 0 bridgehead atoms. The summed E-state index contributed by atoms with van der Waals surface area (Å²) < 4.78 is 98.0. The number of anilines is 2. The number of hydrogen-bond donors (Lipinski definition) is 2. The highest BCUT2D eigenvalue weighted by Crippen LogP contribution is 2.42. The van der Waals surface area contributed by atoms with Gasteiger partial charge in [0.15, 0.2) is 6.73 Å². The maximum atomic E-state index is 14.0. The fraction of sp³-hybridized carbons (Fsp3) is 0.419. The number of amides is 1. The highest BCUT2D eigenvalue weighted by molar-refractivity contribution is 7.46. The van der Waals surface area contributed by atoms with Crippen LogP contribution in [0, 0.1) is 6.92 Å². The maximum absolute atomic E-state index is 14.0. The van der Waals surface area contributed by atoms with E-state index in [-0.39, 0.29) is 23.0 Å². The molecule has 2 N–H and O–H groups in total. The van der Waals surface area contributed by atoms with Gasteiger partial charge in [0.2, 0.25) is 5.91 Å². The van der Waals surface area contributed by atoms with Crippen molar-refractivity contribution in [1.82, 2.24) is 4.98 Å². The van der Waals surface area contributed by atoms with Crippen LogP contribution >= 0.6 is 7.82 Å². The Balaban J connectivity index is 1.71. The Bertz CT molecular complexity index is 1650. The molecule has 16 heteroatoms. The predicted molar refractivity (Wildman–Crippen MR) is 163 cm³/mol. The second-order valence-corrected chi connectivity index (χ2v) is 13.7. The molecule has 1 fully saturated rings. The SMILES string of the molecule is Cc1ccccc1-c1cc(N2CC[N+](C)(COP(=O)(O)O)CC2)ncc1N(C)C(=O)C(C)(C)c1cc(C(F)(F)F)cc(C(F)(F)F)c1. The molecule has 1 saturated heterocycles. The highest BCUT2D eigenvalue weighted by Gasteiger charge is 2.41. The van der Waals surface area contributed by atoms with Crippen molar-refractivity contribution in [2.75, 3.05) is 56.8 Å². The van der Waals surface area contributed by atoms with E-state index in [1.54, 1.807) is 12.1 Å². The van der Waals surface area contributed by atoms with Crippen molar-refractivity contribution in [1.29, 1.82) is 0 Å². The van der Waals surface area contributed by atoms with Gasteiger partial charge in [-0.05, 0) is 61.7 Å². The van der Waals surface area contributed by atoms with Crippen LogP contribution in [-0.2, 0) is 31.7 Å². The van der Waals surface area contributed by atoms with Crippen molar-refractivity contribution < 1.29 is 54.5 Å². The fourth-order valence-electron chi connectivity index (χ4n) is 5.46.